The molecule has 60 valence electrons. The lowest BCUT2D eigenvalue weighted by Crippen LogP contribution is -2.15. The van der Waals surface area contributed by atoms with E-state index in [4.69, 9.17) is 0 Å². The fraction of sp³-hybridized carbons (Fsp3) is 0.778. The molecule has 0 saturated heterocycles. The summed E-state index contributed by atoms with van der Waals surface area (Å²) < 4.78 is 0. The molecule has 0 aliphatic carbocycles. The monoisotopic (exact) mass is 141 g/mol. The Morgan fingerprint density at radius 3 is 2.70 bits per heavy atom. The fourth-order valence-electron chi connectivity index (χ4n) is 0.839. The van der Waals surface area contributed by atoms with Crippen molar-refractivity contribution < 1.29 is 0 Å². The van der Waals surface area contributed by atoms with Crippen LogP contribution in [0.5, 0.6) is 0 Å². The molecule has 0 saturated carbocycles. The van der Waals surface area contributed by atoms with Crippen molar-refractivity contribution in [1.29, 1.82) is 0 Å². The third-order valence-corrected chi connectivity index (χ3v) is 1.42. The molecule has 0 aromatic carbocycles. The van der Waals surface area contributed by atoms with Crippen LogP contribution < -0.4 is 5.32 Å². The van der Waals surface area contributed by atoms with Gasteiger partial charge in [-0.2, -0.15) is 0 Å². The number of nitrogens with one attached hydrogen (secondary N) is 1. The largest absolute Gasteiger partial charge is 0.313 e. The van der Waals surface area contributed by atoms with E-state index in [-0.39, 0.29) is 0 Å². The van der Waals surface area contributed by atoms with Crippen molar-refractivity contribution in [3.63, 3.8) is 0 Å². The minimum Gasteiger partial charge on any atom is -0.313 e. The summed E-state index contributed by atoms with van der Waals surface area (Å²) in [6.07, 6.45) is 4.50. The molecule has 10 heavy (non-hydrogen) atoms. The normalized spacial score (nSPS) is 10.3. The molecular weight excluding hydrogens is 122 g/mol. The molecule has 0 aliphatic heterocycles. The maximum Gasteiger partial charge on any atom is 0.0132 e. The van der Waals surface area contributed by atoms with Crippen LogP contribution in [0.3, 0.4) is 0 Å². The lowest BCUT2D eigenvalue weighted by molar-refractivity contribution is 0.537. The van der Waals surface area contributed by atoms with Gasteiger partial charge in [-0.15, -0.1) is 6.58 Å². The van der Waals surface area contributed by atoms with Crippen molar-refractivity contribution in [2.24, 2.45) is 5.92 Å². The van der Waals surface area contributed by atoms with Gasteiger partial charge in [0.1, 0.15) is 0 Å². The highest BCUT2D eigenvalue weighted by atomic mass is 14.8. The van der Waals surface area contributed by atoms with Crippen molar-refractivity contribution >= 4 is 0 Å². The van der Waals surface area contributed by atoms with Crippen LogP contribution in [-0.2, 0) is 0 Å². The van der Waals surface area contributed by atoms with Gasteiger partial charge in [-0.1, -0.05) is 19.9 Å². The average molecular weight is 141 g/mol. The van der Waals surface area contributed by atoms with E-state index in [2.05, 4.69) is 25.7 Å². The second-order valence-corrected chi connectivity index (χ2v) is 3.03. The van der Waals surface area contributed by atoms with Gasteiger partial charge in [0, 0.05) is 6.54 Å². The molecule has 0 aliphatic rings. The van der Waals surface area contributed by atoms with E-state index in [1.807, 2.05) is 6.08 Å². The molecule has 1 N–H and O–H groups in total. The molecule has 0 bridgehead atoms. The van der Waals surface area contributed by atoms with Crippen molar-refractivity contribution in [2.75, 3.05) is 13.1 Å². The number of rotatable bonds is 6. The zero-order chi connectivity index (χ0) is 7.82. The van der Waals surface area contributed by atoms with Gasteiger partial charge in [0.25, 0.3) is 0 Å². The molecule has 0 atom stereocenters. The van der Waals surface area contributed by atoms with Gasteiger partial charge in [-0.25, -0.2) is 0 Å². The predicted molar refractivity (Wildman–Crippen MR) is 47.1 cm³/mol. The van der Waals surface area contributed by atoms with Gasteiger partial charge in [0.15, 0.2) is 0 Å². The summed E-state index contributed by atoms with van der Waals surface area (Å²) in [5.41, 5.74) is 0. The number of hydrogen-bond acceptors (Lipinski definition) is 1. The summed E-state index contributed by atoms with van der Waals surface area (Å²) in [6.45, 7) is 10.2. The van der Waals surface area contributed by atoms with Crippen LogP contribution >= 0.6 is 0 Å². The summed E-state index contributed by atoms with van der Waals surface area (Å²) in [5, 5.41) is 3.27. The molecule has 1 heteroatoms. The molecule has 0 aromatic heterocycles. The quantitative estimate of drug-likeness (QED) is 0.441. The van der Waals surface area contributed by atoms with Crippen LogP contribution in [0.2, 0.25) is 0 Å². The Kier molecular flexibility index (Phi) is 6.61. The topological polar surface area (TPSA) is 12.0 Å². The van der Waals surface area contributed by atoms with Gasteiger partial charge in [0.05, 0.1) is 0 Å². The summed E-state index contributed by atoms with van der Waals surface area (Å²) in [5.74, 6) is 0.838. The molecular formula is C9H19N. The maximum absolute atomic E-state index is 3.63. The summed E-state index contributed by atoms with van der Waals surface area (Å²) in [7, 11) is 0. The van der Waals surface area contributed by atoms with Crippen LogP contribution in [0, 0.1) is 5.92 Å². The minimum atomic E-state index is 0.838. The Morgan fingerprint density at radius 2 is 2.20 bits per heavy atom. The van der Waals surface area contributed by atoms with Gasteiger partial charge in [-0.3, -0.25) is 0 Å². The maximum atomic E-state index is 3.63. The van der Waals surface area contributed by atoms with E-state index >= 15 is 0 Å². The molecule has 0 spiro atoms. The highest BCUT2D eigenvalue weighted by molar-refractivity contribution is 4.69. The van der Waals surface area contributed by atoms with Crippen LogP contribution in [-0.4, -0.2) is 13.1 Å². The van der Waals surface area contributed by atoms with E-state index in [9.17, 15) is 0 Å². The molecule has 0 rings (SSSR count). The molecule has 0 amide bonds. The van der Waals surface area contributed by atoms with E-state index < -0.39 is 0 Å². The Morgan fingerprint density at radius 1 is 1.50 bits per heavy atom. The summed E-state index contributed by atoms with van der Waals surface area (Å²) in [6, 6.07) is 0. The zero-order valence-corrected chi connectivity index (χ0v) is 7.19. The second-order valence-electron chi connectivity index (χ2n) is 3.03. The SMILES string of the molecule is C=CCNCCCC(C)C. The standard InChI is InChI=1S/C9H19N/c1-4-7-10-8-5-6-9(2)3/h4,9-10H,1,5-8H2,2-3H3. The summed E-state index contributed by atoms with van der Waals surface area (Å²) in [4.78, 5) is 0. The highest BCUT2D eigenvalue weighted by Gasteiger charge is 1.91. The van der Waals surface area contributed by atoms with E-state index in [0.717, 1.165) is 19.0 Å². The fourth-order valence-corrected chi connectivity index (χ4v) is 0.839. The summed E-state index contributed by atoms with van der Waals surface area (Å²) >= 11 is 0. The first-order valence-electron chi connectivity index (χ1n) is 4.09. The number of hydrogen-bond donors (Lipinski definition) is 1. The highest BCUT2D eigenvalue weighted by Crippen LogP contribution is 2.01. The Labute approximate surface area is 64.5 Å². The third kappa shape index (κ3) is 7.70. The van der Waals surface area contributed by atoms with Gasteiger partial charge >= 0.3 is 0 Å². The average Bonchev–Trinajstić information content (AvgIpc) is 1.87. The van der Waals surface area contributed by atoms with Crippen LogP contribution in [0.15, 0.2) is 12.7 Å². The lowest BCUT2D eigenvalue weighted by Gasteiger charge is -2.03. The van der Waals surface area contributed by atoms with Crippen molar-refractivity contribution in [2.45, 2.75) is 26.7 Å². The Hall–Kier alpha value is -0.300. The molecule has 0 radical (unpaired) electrons. The Bertz CT molecular complexity index is 76.8. The first-order chi connectivity index (χ1) is 4.77. The van der Waals surface area contributed by atoms with Crippen molar-refractivity contribution in [3.05, 3.63) is 12.7 Å². The van der Waals surface area contributed by atoms with Crippen LogP contribution in [0.25, 0.3) is 0 Å². The molecule has 1 nitrogen and oxygen atoms in total. The van der Waals surface area contributed by atoms with Crippen molar-refractivity contribution in [3.8, 4) is 0 Å². The van der Waals surface area contributed by atoms with Crippen LogP contribution in [0.1, 0.15) is 26.7 Å². The van der Waals surface area contributed by atoms with E-state index in [0.29, 0.717) is 0 Å². The lowest BCUT2D eigenvalue weighted by atomic mass is 10.1. The van der Waals surface area contributed by atoms with Gasteiger partial charge in [-0.05, 0) is 25.3 Å². The first kappa shape index (κ1) is 9.70. The molecule has 0 unspecified atom stereocenters. The third-order valence-electron chi connectivity index (χ3n) is 1.42. The van der Waals surface area contributed by atoms with Gasteiger partial charge in [0.2, 0.25) is 0 Å². The second kappa shape index (κ2) is 6.81. The smallest absolute Gasteiger partial charge is 0.0132 e. The van der Waals surface area contributed by atoms with E-state index in [1.54, 1.807) is 0 Å². The molecule has 0 fully saturated rings. The Balaban J connectivity index is 2.83. The zero-order valence-electron chi connectivity index (χ0n) is 7.19. The molecule has 0 aromatic rings. The first-order valence-corrected chi connectivity index (χ1v) is 4.09. The van der Waals surface area contributed by atoms with E-state index in [1.165, 1.54) is 12.8 Å². The minimum absolute atomic E-state index is 0.838. The predicted octanol–water partition coefficient (Wildman–Crippen LogP) is 2.20. The van der Waals surface area contributed by atoms with Crippen molar-refractivity contribution in [1.82, 2.24) is 5.32 Å². The van der Waals surface area contributed by atoms with Gasteiger partial charge < -0.3 is 5.32 Å². The molecule has 0 heterocycles. The van der Waals surface area contributed by atoms with Crippen LogP contribution in [0.4, 0.5) is 0 Å².